The van der Waals surface area contributed by atoms with E-state index in [2.05, 4.69) is 4.72 Å². The van der Waals surface area contributed by atoms with Crippen LogP contribution in [0.4, 0.5) is 5.69 Å². The Morgan fingerprint density at radius 3 is 2.23 bits per heavy atom. The Kier molecular flexibility index (Phi) is 4.90. The van der Waals surface area contributed by atoms with Gasteiger partial charge in [-0.1, -0.05) is 23.2 Å². The van der Waals surface area contributed by atoms with E-state index in [0.29, 0.717) is 10.7 Å². The van der Waals surface area contributed by atoms with Crippen molar-refractivity contribution in [2.75, 3.05) is 11.8 Å². The monoisotopic (exact) mass is 359 g/mol. The van der Waals surface area contributed by atoms with Gasteiger partial charge in [-0.25, -0.2) is 8.42 Å². The van der Waals surface area contributed by atoms with Gasteiger partial charge in [-0.15, -0.1) is 0 Å². The summed E-state index contributed by atoms with van der Waals surface area (Å²) in [5.74, 6) is 0.288. The highest BCUT2D eigenvalue weighted by atomic mass is 35.5. The number of aryl methyl sites for hydroxylation is 2. The van der Waals surface area contributed by atoms with Crippen LogP contribution in [0.1, 0.15) is 11.1 Å². The number of benzene rings is 2. The van der Waals surface area contributed by atoms with E-state index in [0.717, 1.165) is 11.1 Å². The maximum Gasteiger partial charge on any atom is 0.265 e. The van der Waals surface area contributed by atoms with Crippen LogP contribution in [0.2, 0.25) is 10.0 Å². The van der Waals surface area contributed by atoms with Gasteiger partial charge < -0.3 is 4.74 Å². The third kappa shape index (κ3) is 3.48. The fourth-order valence-electron chi connectivity index (χ4n) is 1.90. The molecule has 22 heavy (non-hydrogen) atoms. The van der Waals surface area contributed by atoms with Crippen molar-refractivity contribution < 1.29 is 13.2 Å². The van der Waals surface area contributed by atoms with Crippen LogP contribution in [0.25, 0.3) is 0 Å². The summed E-state index contributed by atoms with van der Waals surface area (Å²) < 4.78 is 32.8. The first-order valence-electron chi connectivity index (χ1n) is 6.37. The van der Waals surface area contributed by atoms with Gasteiger partial charge in [-0.3, -0.25) is 4.72 Å². The molecule has 4 nitrogen and oxygen atoms in total. The number of anilines is 1. The Morgan fingerprint density at radius 2 is 1.64 bits per heavy atom. The number of nitrogens with one attached hydrogen (secondary N) is 1. The van der Waals surface area contributed by atoms with Crippen LogP contribution in [0, 0.1) is 13.8 Å². The quantitative estimate of drug-likeness (QED) is 0.878. The fraction of sp³-hybridized carbons (Fsp3) is 0.200. The van der Waals surface area contributed by atoms with Crippen LogP contribution in [0.15, 0.2) is 35.2 Å². The maximum atomic E-state index is 12.6. The van der Waals surface area contributed by atoms with Crippen LogP contribution in [-0.2, 0) is 10.0 Å². The first kappa shape index (κ1) is 16.9. The first-order valence-corrected chi connectivity index (χ1v) is 8.61. The number of hydrogen-bond acceptors (Lipinski definition) is 3. The van der Waals surface area contributed by atoms with E-state index in [-0.39, 0.29) is 15.7 Å². The average molecular weight is 360 g/mol. The number of rotatable bonds is 4. The summed E-state index contributed by atoms with van der Waals surface area (Å²) in [6, 6.07) is 7.79. The molecule has 2 aromatic carbocycles. The lowest BCUT2D eigenvalue weighted by Crippen LogP contribution is -2.14. The predicted octanol–water partition coefficient (Wildman–Crippen LogP) is 4.42. The maximum absolute atomic E-state index is 12.6. The molecule has 2 rings (SSSR count). The van der Waals surface area contributed by atoms with E-state index in [1.807, 2.05) is 13.8 Å². The molecule has 0 unspecified atom stereocenters. The number of sulfonamides is 1. The second-order valence-corrected chi connectivity index (χ2v) is 7.29. The van der Waals surface area contributed by atoms with E-state index >= 15 is 0 Å². The summed E-state index contributed by atoms with van der Waals surface area (Å²) in [4.78, 5) is 0.0733. The summed E-state index contributed by atoms with van der Waals surface area (Å²) >= 11 is 11.7. The number of halogens is 2. The number of methoxy groups -OCH3 is 1. The van der Waals surface area contributed by atoms with E-state index < -0.39 is 10.0 Å². The van der Waals surface area contributed by atoms with Crippen molar-refractivity contribution in [2.24, 2.45) is 0 Å². The van der Waals surface area contributed by atoms with Crippen molar-refractivity contribution >= 4 is 38.9 Å². The van der Waals surface area contributed by atoms with Crippen molar-refractivity contribution in [2.45, 2.75) is 18.7 Å². The molecule has 118 valence electrons. The van der Waals surface area contributed by atoms with Gasteiger partial charge in [0.25, 0.3) is 10.0 Å². The fourth-order valence-corrected chi connectivity index (χ4v) is 3.49. The van der Waals surface area contributed by atoms with E-state index in [1.165, 1.54) is 19.2 Å². The normalized spacial score (nSPS) is 11.3. The van der Waals surface area contributed by atoms with Crippen LogP contribution in [0.5, 0.6) is 5.75 Å². The zero-order valence-electron chi connectivity index (χ0n) is 12.3. The Morgan fingerprint density at radius 1 is 1.00 bits per heavy atom. The van der Waals surface area contributed by atoms with Gasteiger partial charge in [0.15, 0.2) is 0 Å². The minimum atomic E-state index is -3.80. The van der Waals surface area contributed by atoms with Crippen molar-refractivity contribution in [3.8, 4) is 5.75 Å². The molecule has 0 amide bonds. The molecule has 0 fully saturated rings. The van der Waals surface area contributed by atoms with E-state index in [1.54, 1.807) is 18.2 Å². The second-order valence-electron chi connectivity index (χ2n) is 4.82. The Balaban J connectivity index is 2.46. The minimum absolute atomic E-state index is 0.0733. The molecule has 0 atom stereocenters. The lowest BCUT2D eigenvalue weighted by atomic mass is 10.1. The van der Waals surface area contributed by atoms with Crippen LogP contribution in [0.3, 0.4) is 0 Å². The molecule has 7 heteroatoms. The van der Waals surface area contributed by atoms with Gasteiger partial charge in [0.2, 0.25) is 0 Å². The predicted molar refractivity (Wildman–Crippen MR) is 89.7 cm³/mol. The highest BCUT2D eigenvalue weighted by Gasteiger charge is 2.21. The molecule has 2 aromatic rings. The third-order valence-electron chi connectivity index (χ3n) is 3.24. The van der Waals surface area contributed by atoms with Gasteiger partial charge in [-0.05, 0) is 55.3 Å². The Hall–Kier alpha value is -1.43. The van der Waals surface area contributed by atoms with Gasteiger partial charge in [0.05, 0.1) is 22.8 Å². The van der Waals surface area contributed by atoms with Crippen LogP contribution in [-0.4, -0.2) is 15.5 Å². The first-order chi connectivity index (χ1) is 10.2. The van der Waals surface area contributed by atoms with E-state index in [9.17, 15) is 8.42 Å². The Bertz CT molecular complexity index is 820. The van der Waals surface area contributed by atoms with Crippen molar-refractivity contribution in [1.29, 1.82) is 0 Å². The molecule has 0 saturated heterocycles. The lowest BCUT2D eigenvalue weighted by molar-refractivity contribution is 0.402. The zero-order chi connectivity index (χ0) is 16.5. The Labute approximate surface area is 140 Å². The van der Waals surface area contributed by atoms with Crippen molar-refractivity contribution in [3.63, 3.8) is 0 Å². The standard InChI is InChI=1S/C15H15Cl2NO3S/c1-9-6-14(21-3)15(7-10(9)2)22(19,20)18-11-4-5-12(16)13(17)8-11/h4-8,18H,1-3H3. The van der Waals surface area contributed by atoms with Gasteiger partial charge in [-0.2, -0.15) is 0 Å². The molecule has 0 saturated carbocycles. The molecule has 0 heterocycles. The average Bonchev–Trinajstić information content (AvgIpc) is 2.45. The van der Waals surface area contributed by atoms with Crippen molar-refractivity contribution in [1.82, 2.24) is 0 Å². The zero-order valence-corrected chi connectivity index (χ0v) is 14.6. The number of hydrogen-bond donors (Lipinski definition) is 1. The summed E-state index contributed by atoms with van der Waals surface area (Å²) in [6.45, 7) is 3.73. The largest absolute Gasteiger partial charge is 0.495 e. The summed E-state index contributed by atoms with van der Waals surface area (Å²) in [5.41, 5.74) is 2.13. The highest BCUT2D eigenvalue weighted by Crippen LogP contribution is 2.30. The summed E-state index contributed by atoms with van der Waals surface area (Å²) in [7, 11) is -2.37. The summed E-state index contributed by atoms with van der Waals surface area (Å²) in [6.07, 6.45) is 0. The number of ether oxygens (including phenoxy) is 1. The SMILES string of the molecule is COc1cc(C)c(C)cc1S(=O)(=O)Nc1ccc(Cl)c(Cl)c1. The topological polar surface area (TPSA) is 55.4 Å². The summed E-state index contributed by atoms with van der Waals surface area (Å²) in [5, 5.41) is 0.627. The van der Waals surface area contributed by atoms with E-state index in [4.69, 9.17) is 27.9 Å². The highest BCUT2D eigenvalue weighted by molar-refractivity contribution is 7.92. The molecular formula is C15H15Cl2NO3S. The van der Waals surface area contributed by atoms with Gasteiger partial charge in [0, 0.05) is 0 Å². The van der Waals surface area contributed by atoms with Crippen LogP contribution < -0.4 is 9.46 Å². The van der Waals surface area contributed by atoms with Crippen LogP contribution >= 0.6 is 23.2 Å². The molecule has 0 radical (unpaired) electrons. The molecule has 0 aliphatic heterocycles. The second kappa shape index (κ2) is 6.36. The van der Waals surface area contributed by atoms with Gasteiger partial charge in [0.1, 0.15) is 10.6 Å². The van der Waals surface area contributed by atoms with Crippen molar-refractivity contribution in [3.05, 3.63) is 51.5 Å². The smallest absolute Gasteiger partial charge is 0.265 e. The molecule has 0 bridgehead atoms. The molecule has 1 N–H and O–H groups in total. The molecule has 0 aliphatic rings. The van der Waals surface area contributed by atoms with Gasteiger partial charge >= 0.3 is 0 Å². The lowest BCUT2D eigenvalue weighted by Gasteiger charge is -2.14. The molecule has 0 aliphatic carbocycles. The molecule has 0 spiro atoms. The third-order valence-corrected chi connectivity index (χ3v) is 5.38. The molecular weight excluding hydrogens is 345 g/mol. The molecule has 0 aromatic heterocycles. The minimum Gasteiger partial charge on any atom is -0.495 e.